The predicted molar refractivity (Wildman–Crippen MR) is 114 cm³/mol. The van der Waals surface area contributed by atoms with Crippen LogP contribution in [0.25, 0.3) is 11.0 Å². The van der Waals surface area contributed by atoms with Crippen LogP contribution in [0.2, 0.25) is 5.28 Å². The van der Waals surface area contributed by atoms with E-state index < -0.39 is 0 Å². The van der Waals surface area contributed by atoms with Gasteiger partial charge in [0, 0.05) is 0 Å². The van der Waals surface area contributed by atoms with Gasteiger partial charge in [-0.2, -0.15) is 10.1 Å². The number of aromatic nitrogens is 4. The number of hydrogen-bond acceptors (Lipinski definition) is 7. The van der Waals surface area contributed by atoms with Gasteiger partial charge in [-0.25, -0.2) is 9.67 Å². The smallest absolute Gasteiger partial charge is 0.226 e. The van der Waals surface area contributed by atoms with E-state index in [1.807, 2.05) is 42.5 Å². The van der Waals surface area contributed by atoms with Crippen molar-refractivity contribution >= 4 is 28.5 Å². The Labute approximate surface area is 177 Å². The highest BCUT2D eigenvalue weighted by Gasteiger charge is 2.12. The summed E-state index contributed by atoms with van der Waals surface area (Å²) in [6.07, 6.45) is 1.62. The van der Waals surface area contributed by atoms with Crippen molar-refractivity contribution in [1.82, 2.24) is 19.7 Å². The summed E-state index contributed by atoms with van der Waals surface area (Å²) in [5.74, 6) is 1.52. The first-order chi connectivity index (χ1) is 14.6. The van der Waals surface area contributed by atoms with Gasteiger partial charge < -0.3 is 20.3 Å². The molecule has 9 heteroatoms. The van der Waals surface area contributed by atoms with Gasteiger partial charge in [0.25, 0.3) is 0 Å². The Balaban J connectivity index is 1.58. The van der Waals surface area contributed by atoms with Gasteiger partial charge >= 0.3 is 0 Å². The van der Waals surface area contributed by atoms with Crippen LogP contribution in [0.4, 0.5) is 5.82 Å². The van der Waals surface area contributed by atoms with E-state index in [2.05, 4.69) is 15.1 Å². The normalized spacial score (nSPS) is 11.0. The number of halogens is 1. The van der Waals surface area contributed by atoms with Crippen LogP contribution in [0.3, 0.4) is 0 Å². The Morgan fingerprint density at radius 3 is 2.70 bits per heavy atom. The summed E-state index contributed by atoms with van der Waals surface area (Å²) in [4.78, 5) is 8.19. The zero-order valence-corrected chi connectivity index (χ0v) is 17.0. The fourth-order valence-corrected chi connectivity index (χ4v) is 3.32. The Morgan fingerprint density at radius 1 is 1.07 bits per heavy atom. The summed E-state index contributed by atoms with van der Waals surface area (Å²) in [5, 5.41) is 14.4. The molecule has 0 aliphatic rings. The maximum absolute atomic E-state index is 9.30. The predicted octanol–water partition coefficient (Wildman–Crippen LogP) is 3.19. The van der Waals surface area contributed by atoms with Crippen molar-refractivity contribution in [2.45, 2.75) is 19.8 Å². The zero-order valence-electron chi connectivity index (χ0n) is 16.2. The lowest BCUT2D eigenvalue weighted by Gasteiger charge is -2.13. The largest absolute Gasteiger partial charge is 0.493 e. The number of nitrogen functional groups attached to an aromatic ring is 1. The lowest BCUT2D eigenvalue weighted by molar-refractivity contribution is 0.277. The van der Waals surface area contributed by atoms with E-state index in [9.17, 15) is 5.11 Å². The summed E-state index contributed by atoms with van der Waals surface area (Å²) < 4.78 is 13.1. The number of nitrogens with zero attached hydrogens (tertiary/aromatic N) is 4. The third kappa shape index (κ3) is 4.14. The molecule has 4 rings (SSSR count). The topological polar surface area (TPSA) is 108 Å². The summed E-state index contributed by atoms with van der Waals surface area (Å²) in [6, 6.07) is 13.3. The minimum atomic E-state index is -0.0114. The van der Waals surface area contributed by atoms with Crippen molar-refractivity contribution < 1.29 is 14.6 Å². The summed E-state index contributed by atoms with van der Waals surface area (Å²) >= 11 is 5.95. The fourth-order valence-electron chi connectivity index (χ4n) is 3.15. The maximum atomic E-state index is 9.30. The van der Waals surface area contributed by atoms with Crippen molar-refractivity contribution in [3.63, 3.8) is 0 Å². The number of rotatable bonds is 7. The molecular formula is C21H20ClN5O3. The quantitative estimate of drug-likeness (QED) is 0.437. The molecule has 3 N–H and O–H groups in total. The van der Waals surface area contributed by atoms with Crippen LogP contribution >= 0.6 is 11.6 Å². The van der Waals surface area contributed by atoms with Crippen LogP contribution in [0.5, 0.6) is 11.5 Å². The summed E-state index contributed by atoms with van der Waals surface area (Å²) in [5.41, 5.74) is 9.19. The van der Waals surface area contributed by atoms with Gasteiger partial charge in [0.15, 0.2) is 17.1 Å². The van der Waals surface area contributed by atoms with Gasteiger partial charge in [-0.15, -0.1) is 0 Å². The van der Waals surface area contributed by atoms with Crippen molar-refractivity contribution in [3.8, 4) is 11.5 Å². The molecule has 0 aliphatic heterocycles. The van der Waals surface area contributed by atoms with Crippen LogP contribution < -0.4 is 15.2 Å². The molecular weight excluding hydrogens is 406 g/mol. The number of aliphatic hydroxyl groups excluding tert-OH is 1. The molecule has 2 aromatic carbocycles. The van der Waals surface area contributed by atoms with Crippen molar-refractivity contribution in [2.75, 3.05) is 12.8 Å². The molecule has 0 spiro atoms. The minimum Gasteiger partial charge on any atom is -0.493 e. The molecule has 154 valence electrons. The highest BCUT2D eigenvalue weighted by Crippen LogP contribution is 2.30. The average molecular weight is 426 g/mol. The number of aliphatic hydroxyl groups is 1. The first kappa shape index (κ1) is 19.9. The van der Waals surface area contributed by atoms with Crippen LogP contribution in [0.15, 0.2) is 48.7 Å². The molecule has 30 heavy (non-hydrogen) atoms. The third-order valence-corrected chi connectivity index (χ3v) is 4.80. The lowest BCUT2D eigenvalue weighted by atomic mass is 10.1. The Bertz CT molecular complexity index is 1190. The highest BCUT2D eigenvalue weighted by atomic mass is 35.5. The molecule has 0 fully saturated rings. The number of ether oxygens (including phenoxy) is 2. The molecule has 0 aliphatic carbocycles. The number of benzene rings is 2. The van der Waals surface area contributed by atoms with Crippen LogP contribution in [0, 0.1) is 0 Å². The highest BCUT2D eigenvalue weighted by molar-refractivity contribution is 6.28. The number of hydrogen-bond donors (Lipinski definition) is 2. The van der Waals surface area contributed by atoms with Gasteiger partial charge in [-0.3, -0.25) is 0 Å². The van der Waals surface area contributed by atoms with Gasteiger partial charge in [0.05, 0.1) is 31.8 Å². The van der Waals surface area contributed by atoms with Crippen molar-refractivity contribution in [3.05, 3.63) is 70.6 Å². The zero-order chi connectivity index (χ0) is 21.1. The number of fused-ring (bicyclic) bond motifs is 1. The van der Waals surface area contributed by atoms with E-state index in [4.69, 9.17) is 26.8 Å². The summed E-state index contributed by atoms with van der Waals surface area (Å²) in [7, 11) is 1.59. The third-order valence-electron chi connectivity index (χ3n) is 4.63. The van der Waals surface area contributed by atoms with Crippen LogP contribution in [0.1, 0.15) is 16.7 Å². The molecule has 2 heterocycles. The number of anilines is 1. The molecule has 8 nitrogen and oxygen atoms in total. The van der Waals surface area contributed by atoms with E-state index in [0.29, 0.717) is 41.5 Å². The fraction of sp³-hybridized carbons (Fsp3) is 0.190. The van der Waals surface area contributed by atoms with Gasteiger partial charge in [0.1, 0.15) is 12.4 Å². The number of methoxy groups -OCH3 is 1. The minimum absolute atomic E-state index is 0.0114. The van der Waals surface area contributed by atoms with Crippen LogP contribution in [-0.2, 0) is 19.8 Å². The maximum Gasteiger partial charge on any atom is 0.226 e. The summed E-state index contributed by atoms with van der Waals surface area (Å²) in [6.45, 7) is 0.775. The molecule has 0 amide bonds. The molecule has 0 saturated carbocycles. The van der Waals surface area contributed by atoms with Gasteiger partial charge in [-0.05, 0) is 40.4 Å². The van der Waals surface area contributed by atoms with Gasteiger partial charge in [0.2, 0.25) is 5.28 Å². The Morgan fingerprint density at radius 2 is 1.90 bits per heavy atom. The van der Waals surface area contributed by atoms with E-state index in [0.717, 1.165) is 16.7 Å². The van der Waals surface area contributed by atoms with E-state index >= 15 is 0 Å². The molecule has 2 aromatic heterocycles. The molecule has 0 atom stereocenters. The van der Waals surface area contributed by atoms with Gasteiger partial charge in [-0.1, -0.05) is 30.3 Å². The number of nitrogens with two attached hydrogens (primary N) is 1. The molecule has 4 aromatic rings. The second-order valence-corrected chi connectivity index (χ2v) is 7.01. The second-order valence-electron chi connectivity index (χ2n) is 6.67. The van der Waals surface area contributed by atoms with E-state index in [-0.39, 0.29) is 11.9 Å². The average Bonchev–Trinajstić information content (AvgIpc) is 3.15. The van der Waals surface area contributed by atoms with E-state index in [1.165, 1.54) is 0 Å². The standard InChI is InChI=1S/C21H20ClN5O3/c1-29-17-6-5-13(8-18(17)30-12-15-4-2-3-14(7-15)11-28)10-27-20-16(9-24-27)19(23)25-21(22)26-20/h2-9,28H,10-12H2,1H3,(H2,23,25,26). The first-order valence-electron chi connectivity index (χ1n) is 9.20. The Kier molecular flexibility index (Phi) is 5.69. The van der Waals surface area contributed by atoms with E-state index in [1.54, 1.807) is 18.0 Å². The molecule has 0 bridgehead atoms. The first-order valence-corrected chi connectivity index (χ1v) is 9.58. The monoisotopic (exact) mass is 425 g/mol. The SMILES string of the molecule is COc1ccc(Cn2ncc3c(N)nc(Cl)nc32)cc1OCc1cccc(CO)c1. The molecule has 0 unspecified atom stereocenters. The van der Waals surface area contributed by atoms with Crippen molar-refractivity contribution in [2.24, 2.45) is 0 Å². The van der Waals surface area contributed by atoms with Crippen LogP contribution in [-0.4, -0.2) is 32.0 Å². The molecule has 0 saturated heterocycles. The lowest BCUT2D eigenvalue weighted by Crippen LogP contribution is -2.05. The second kappa shape index (κ2) is 8.56. The Hall–Kier alpha value is -3.36. The van der Waals surface area contributed by atoms with Crippen molar-refractivity contribution in [1.29, 1.82) is 0 Å². The molecule has 0 radical (unpaired) electrons.